The van der Waals surface area contributed by atoms with Crippen LogP contribution in [0.25, 0.3) is 0 Å². The minimum Gasteiger partial charge on any atom is -0.138 e. The maximum absolute atomic E-state index is 3.84. The van der Waals surface area contributed by atoms with Crippen molar-refractivity contribution in [2.45, 2.75) is 51.9 Å². The van der Waals surface area contributed by atoms with Crippen molar-refractivity contribution in [1.29, 1.82) is 0 Å². The minimum atomic E-state index is 0.807. The summed E-state index contributed by atoms with van der Waals surface area (Å²) >= 11 is 0. The third-order valence-electron chi connectivity index (χ3n) is 3.90. The molecule has 2 rings (SSSR count). The Morgan fingerprint density at radius 3 is 2.16 bits per heavy atom. The molecule has 1 unspecified atom stereocenters. The Hall–Kier alpha value is -0.610. The molecule has 1 aromatic carbocycles. The molecule has 0 spiro atoms. The fraction of sp³-hybridized carbons (Fsp3) is 0.556. The third kappa shape index (κ3) is 5.91. The van der Waals surface area contributed by atoms with Gasteiger partial charge in [0.15, 0.2) is 0 Å². The van der Waals surface area contributed by atoms with Crippen LogP contribution in [0.15, 0.2) is 36.9 Å². The van der Waals surface area contributed by atoms with Gasteiger partial charge in [0, 0.05) is 0 Å². The number of hydrogen-bond donors (Lipinski definition) is 0. The maximum atomic E-state index is 3.84. The van der Waals surface area contributed by atoms with E-state index in [-0.39, 0.29) is 0 Å². The van der Waals surface area contributed by atoms with E-state index in [4.69, 9.17) is 0 Å². The Kier molecular flexibility index (Phi) is 8.07. The Morgan fingerprint density at radius 1 is 1.16 bits per heavy atom. The molecule has 0 radical (unpaired) electrons. The van der Waals surface area contributed by atoms with Crippen molar-refractivity contribution in [3.05, 3.63) is 48.0 Å². The van der Waals surface area contributed by atoms with Gasteiger partial charge in [-0.05, 0) is 62.6 Å². The monoisotopic (exact) mass is 276 g/mol. The molecule has 0 aliphatic heterocycles. The molecule has 1 aliphatic carbocycles. The van der Waals surface area contributed by atoms with Crippen molar-refractivity contribution in [2.24, 2.45) is 5.92 Å². The summed E-state index contributed by atoms with van der Waals surface area (Å²) in [7, 11) is 2.58. The van der Waals surface area contributed by atoms with Gasteiger partial charge in [0.05, 0.1) is 0 Å². The Labute approximate surface area is 121 Å². The van der Waals surface area contributed by atoms with E-state index in [9.17, 15) is 0 Å². The fourth-order valence-corrected chi connectivity index (χ4v) is 2.81. The highest BCUT2D eigenvalue weighted by atomic mass is 31.0. The van der Waals surface area contributed by atoms with Crippen LogP contribution in [-0.2, 0) is 0 Å². The second kappa shape index (κ2) is 9.32. The molecule has 1 atom stereocenters. The van der Waals surface area contributed by atoms with Crippen molar-refractivity contribution < 1.29 is 0 Å². The van der Waals surface area contributed by atoms with Crippen LogP contribution in [0, 0.1) is 12.8 Å². The first kappa shape index (κ1) is 16.4. The van der Waals surface area contributed by atoms with Gasteiger partial charge in [0.2, 0.25) is 0 Å². The molecule has 1 aliphatic rings. The highest BCUT2D eigenvalue weighted by molar-refractivity contribution is 7.16. The second-order valence-corrected chi connectivity index (χ2v) is 6.38. The lowest BCUT2D eigenvalue weighted by atomic mass is 9.77. The van der Waals surface area contributed by atoms with E-state index in [2.05, 4.69) is 60.0 Å². The van der Waals surface area contributed by atoms with Crippen LogP contribution in [0.2, 0.25) is 0 Å². The van der Waals surface area contributed by atoms with Crippen molar-refractivity contribution in [3.63, 3.8) is 0 Å². The molecule has 19 heavy (non-hydrogen) atoms. The van der Waals surface area contributed by atoms with E-state index in [0.717, 1.165) is 11.8 Å². The smallest absolute Gasteiger partial charge is 0.0162 e. The molecule has 0 heterocycles. The number of hydrogen-bond acceptors (Lipinski definition) is 0. The van der Waals surface area contributed by atoms with Gasteiger partial charge >= 0.3 is 0 Å². The molecule has 1 heteroatoms. The maximum Gasteiger partial charge on any atom is -0.0162 e. The SMILES string of the molecule is C=CCC1CCC(c2ccc(C)cc2)CC1.CCP. The first-order valence-electron chi connectivity index (χ1n) is 7.58. The molecule has 0 nitrogen and oxygen atoms in total. The van der Waals surface area contributed by atoms with Gasteiger partial charge in [-0.25, -0.2) is 0 Å². The summed E-state index contributed by atoms with van der Waals surface area (Å²) in [4.78, 5) is 0. The second-order valence-electron chi connectivity index (χ2n) is 5.56. The van der Waals surface area contributed by atoms with Crippen molar-refractivity contribution >= 4 is 9.24 Å². The van der Waals surface area contributed by atoms with E-state index < -0.39 is 0 Å². The Bertz CT molecular complexity index is 344. The first-order valence-corrected chi connectivity index (χ1v) is 8.40. The summed E-state index contributed by atoms with van der Waals surface area (Å²) in [5, 5.41) is 0. The van der Waals surface area contributed by atoms with Crippen LogP contribution in [0.4, 0.5) is 0 Å². The summed E-state index contributed by atoms with van der Waals surface area (Å²) < 4.78 is 0. The average molecular weight is 276 g/mol. The standard InChI is InChI=1S/C16H22.C2H7P/c1-3-4-14-7-11-16(12-8-14)15-9-5-13(2)6-10-15;1-2-3/h3,5-6,9-10,14,16H,1,4,7-8,11-12H2,2H3;2-3H2,1H3. The van der Waals surface area contributed by atoms with Gasteiger partial charge < -0.3 is 0 Å². The van der Waals surface area contributed by atoms with Gasteiger partial charge in [-0.3, -0.25) is 0 Å². The number of benzene rings is 1. The molecule has 1 saturated carbocycles. The molecule has 106 valence electrons. The van der Waals surface area contributed by atoms with Crippen LogP contribution in [-0.4, -0.2) is 6.16 Å². The lowest BCUT2D eigenvalue weighted by molar-refractivity contribution is 0.328. The Balaban J connectivity index is 0.000000550. The van der Waals surface area contributed by atoms with Crippen molar-refractivity contribution in [1.82, 2.24) is 0 Å². The summed E-state index contributed by atoms with van der Waals surface area (Å²) in [6.45, 7) is 8.09. The van der Waals surface area contributed by atoms with Crippen LogP contribution < -0.4 is 0 Å². The minimum absolute atomic E-state index is 0.807. The molecular formula is C18H29P. The van der Waals surface area contributed by atoms with Gasteiger partial charge in [-0.15, -0.1) is 15.8 Å². The highest BCUT2D eigenvalue weighted by Crippen LogP contribution is 2.37. The summed E-state index contributed by atoms with van der Waals surface area (Å²) in [6, 6.07) is 9.11. The Morgan fingerprint density at radius 2 is 1.68 bits per heavy atom. The highest BCUT2D eigenvalue weighted by Gasteiger charge is 2.21. The van der Waals surface area contributed by atoms with E-state index in [0.29, 0.717) is 0 Å². The zero-order valence-electron chi connectivity index (χ0n) is 12.6. The van der Waals surface area contributed by atoms with Crippen LogP contribution in [0.5, 0.6) is 0 Å². The molecule has 0 saturated heterocycles. The largest absolute Gasteiger partial charge is 0.138 e. The van der Waals surface area contributed by atoms with Crippen molar-refractivity contribution in [2.75, 3.05) is 6.16 Å². The number of aryl methyl sites for hydroxylation is 1. The topological polar surface area (TPSA) is 0 Å². The molecular weight excluding hydrogens is 247 g/mol. The van der Waals surface area contributed by atoms with Crippen LogP contribution >= 0.6 is 9.24 Å². The summed E-state index contributed by atoms with van der Waals surface area (Å²) in [6.07, 6.45) is 9.94. The van der Waals surface area contributed by atoms with Crippen molar-refractivity contribution in [3.8, 4) is 0 Å². The lowest BCUT2D eigenvalue weighted by Gasteiger charge is -2.28. The average Bonchev–Trinajstić information content (AvgIpc) is 2.42. The van der Waals surface area contributed by atoms with E-state index in [1.165, 1.54) is 43.8 Å². The fourth-order valence-electron chi connectivity index (χ4n) is 2.81. The van der Waals surface area contributed by atoms with Gasteiger partial charge in [-0.2, -0.15) is 0 Å². The predicted molar refractivity (Wildman–Crippen MR) is 90.9 cm³/mol. The van der Waals surface area contributed by atoms with Gasteiger partial charge in [0.25, 0.3) is 0 Å². The molecule has 0 amide bonds. The molecule has 0 bridgehead atoms. The van der Waals surface area contributed by atoms with Crippen LogP contribution in [0.1, 0.15) is 56.1 Å². The molecule has 0 aromatic heterocycles. The number of rotatable bonds is 3. The van der Waals surface area contributed by atoms with Gasteiger partial charge in [-0.1, -0.05) is 42.8 Å². The predicted octanol–water partition coefficient (Wildman–Crippen LogP) is 5.73. The zero-order valence-corrected chi connectivity index (χ0v) is 13.7. The van der Waals surface area contributed by atoms with Gasteiger partial charge in [0.1, 0.15) is 0 Å². The summed E-state index contributed by atoms with van der Waals surface area (Å²) in [5.41, 5.74) is 2.91. The molecule has 1 aromatic rings. The van der Waals surface area contributed by atoms with E-state index in [1.54, 1.807) is 5.56 Å². The molecule has 1 fully saturated rings. The first-order chi connectivity index (χ1) is 9.21. The van der Waals surface area contributed by atoms with E-state index >= 15 is 0 Å². The van der Waals surface area contributed by atoms with E-state index in [1.807, 2.05) is 0 Å². The number of allylic oxidation sites excluding steroid dienone is 1. The normalized spacial score (nSPS) is 22.3. The lowest BCUT2D eigenvalue weighted by Crippen LogP contribution is -2.12. The zero-order chi connectivity index (χ0) is 14.1. The summed E-state index contributed by atoms with van der Waals surface area (Å²) in [5.74, 6) is 1.71. The molecule has 0 N–H and O–H groups in total. The quantitative estimate of drug-likeness (QED) is 0.489. The van der Waals surface area contributed by atoms with Crippen LogP contribution in [0.3, 0.4) is 0 Å². The third-order valence-corrected chi connectivity index (χ3v) is 3.90.